The predicted octanol–water partition coefficient (Wildman–Crippen LogP) is 5.47. The van der Waals surface area contributed by atoms with Crippen molar-refractivity contribution in [2.45, 2.75) is 131 Å². The van der Waals surface area contributed by atoms with Crippen LogP contribution in [0.3, 0.4) is 0 Å². The van der Waals surface area contributed by atoms with Crippen molar-refractivity contribution in [3.8, 4) is 0 Å². The third-order valence-electron chi connectivity index (χ3n) is 12.3. The predicted molar refractivity (Wildman–Crippen MR) is 137 cm³/mol. The Morgan fingerprint density at radius 3 is 2.21 bits per heavy atom. The van der Waals surface area contributed by atoms with Gasteiger partial charge in [0, 0.05) is 0 Å². The van der Waals surface area contributed by atoms with Gasteiger partial charge in [0.05, 0.1) is 23.9 Å². The van der Waals surface area contributed by atoms with Gasteiger partial charge in [-0.1, -0.05) is 46.3 Å². The maximum absolute atomic E-state index is 11.8. The molecule has 0 radical (unpaired) electrons. The summed E-state index contributed by atoms with van der Waals surface area (Å²) < 4.78 is 0. The van der Waals surface area contributed by atoms with Gasteiger partial charge in [0.2, 0.25) is 0 Å². The molecule has 34 heavy (non-hydrogen) atoms. The summed E-state index contributed by atoms with van der Waals surface area (Å²) in [6.07, 6.45) is 7.54. The summed E-state index contributed by atoms with van der Waals surface area (Å²) in [7, 11) is 0. The van der Waals surface area contributed by atoms with Crippen molar-refractivity contribution < 1.29 is 20.4 Å². The molecule has 1 unspecified atom stereocenters. The molecule has 0 aliphatic heterocycles. The van der Waals surface area contributed by atoms with E-state index in [1.54, 1.807) is 0 Å². The maximum Gasteiger partial charge on any atom is 0.0654 e. The van der Waals surface area contributed by atoms with Crippen LogP contribution in [-0.2, 0) is 0 Å². The van der Waals surface area contributed by atoms with Crippen LogP contribution in [0.15, 0.2) is 11.6 Å². The summed E-state index contributed by atoms with van der Waals surface area (Å²) >= 11 is 0. The fraction of sp³-hybridized carbons (Fsp3) is 0.933. The molecule has 0 amide bonds. The first-order valence-corrected chi connectivity index (χ1v) is 13.9. The maximum atomic E-state index is 11.8. The normalized spacial score (nSPS) is 51.6. The van der Waals surface area contributed by atoms with Gasteiger partial charge in [-0.2, -0.15) is 0 Å². The molecule has 0 aromatic carbocycles. The lowest BCUT2D eigenvalue weighted by atomic mass is 9.34. The van der Waals surface area contributed by atoms with Crippen molar-refractivity contribution >= 4 is 0 Å². The van der Waals surface area contributed by atoms with Gasteiger partial charge in [-0.15, -0.1) is 0 Å². The second-order valence-electron chi connectivity index (χ2n) is 14.7. The van der Waals surface area contributed by atoms with Gasteiger partial charge in [0.15, 0.2) is 0 Å². The van der Waals surface area contributed by atoms with Gasteiger partial charge in [-0.05, 0) is 117 Å². The van der Waals surface area contributed by atoms with Crippen LogP contribution in [0.25, 0.3) is 0 Å². The van der Waals surface area contributed by atoms with E-state index in [-0.39, 0.29) is 39.4 Å². The molecule has 11 atom stereocenters. The Morgan fingerprint density at radius 1 is 0.941 bits per heavy atom. The summed E-state index contributed by atoms with van der Waals surface area (Å²) in [6, 6.07) is 0. The fourth-order valence-corrected chi connectivity index (χ4v) is 10.5. The topological polar surface area (TPSA) is 80.9 Å². The first-order valence-electron chi connectivity index (χ1n) is 13.9. The number of aliphatic hydroxyl groups excluding tert-OH is 3. The molecule has 0 bridgehead atoms. The van der Waals surface area contributed by atoms with Gasteiger partial charge in [0.25, 0.3) is 0 Å². The largest absolute Gasteiger partial charge is 0.393 e. The Hall–Kier alpha value is -0.420. The van der Waals surface area contributed by atoms with Crippen molar-refractivity contribution in [2.75, 3.05) is 0 Å². The van der Waals surface area contributed by atoms with Gasteiger partial charge >= 0.3 is 0 Å². The summed E-state index contributed by atoms with van der Waals surface area (Å²) in [5.41, 5.74) is -0.230. The van der Waals surface area contributed by atoms with Crippen LogP contribution < -0.4 is 0 Å². The zero-order chi connectivity index (χ0) is 25.5. The lowest BCUT2D eigenvalue weighted by Gasteiger charge is -2.71. The van der Waals surface area contributed by atoms with Crippen LogP contribution in [0.4, 0.5) is 0 Å². The van der Waals surface area contributed by atoms with E-state index in [0.29, 0.717) is 5.92 Å². The SMILES string of the molecule is CC(C)=CCC[C@](C)(O)[C@H]1CC[C@]2(C)C1[C@H](O)C[C@@H]1[C@@]3(C)CC[C@H](O)C(C)(C)[C@@H]3[C@@H](O)C[C@]12C. The Balaban J connectivity index is 1.70. The molecular weight excluding hydrogens is 424 g/mol. The molecule has 4 fully saturated rings. The Kier molecular flexibility index (Phi) is 6.50. The van der Waals surface area contributed by atoms with Gasteiger partial charge in [0.1, 0.15) is 0 Å². The van der Waals surface area contributed by atoms with E-state index >= 15 is 0 Å². The lowest BCUT2D eigenvalue weighted by molar-refractivity contribution is -0.274. The second-order valence-corrected chi connectivity index (χ2v) is 14.7. The molecule has 0 aromatic rings. The van der Waals surface area contributed by atoms with Crippen molar-refractivity contribution in [3.05, 3.63) is 11.6 Å². The van der Waals surface area contributed by atoms with Crippen LogP contribution in [0.5, 0.6) is 0 Å². The number of hydrogen-bond donors (Lipinski definition) is 4. The molecule has 0 saturated heterocycles. The van der Waals surface area contributed by atoms with Gasteiger partial charge in [-0.25, -0.2) is 0 Å². The summed E-state index contributed by atoms with van der Waals surface area (Å²) in [5, 5.41) is 46.0. The molecule has 4 N–H and O–H groups in total. The summed E-state index contributed by atoms with van der Waals surface area (Å²) in [5.74, 6) is 0.442. The van der Waals surface area contributed by atoms with E-state index in [2.05, 4.69) is 54.5 Å². The minimum atomic E-state index is -0.810. The molecule has 196 valence electrons. The highest BCUT2D eigenvalue weighted by Crippen LogP contribution is 2.75. The fourth-order valence-electron chi connectivity index (χ4n) is 10.5. The van der Waals surface area contributed by atoms with Crippen LogP contribution in [0.2, 0.25) is 0 Å². The first-order chi connectivity index (χ1) is 15.5. The molecular formula is C30H52O4. The second kappa shape index (κ2) is 8.30. The number of rotatable bonds is 4. The minimum Gasteiger partial charge on any atom is -0.393 e. The smallest absolute Gasteiger partial charge is 0.0654 e. The van der Waals surface area contributed by atoms with Crippen molar-refractivity contribution in [3.63, 3.8) is 0 Å². The highest BCUT2D eigenvalue weighted by Gasteiger charge is 2.72. The average Bonchev–Trinajstić information content (AvgIpc) is 3.07. The average molecular weight is 477 g/mol. The molecule has 0 aromatic heterocycles. The zero-order valence-electron chi connectivity index (χ0n) is 23.1. The molecule has 4 heteroatoms. The van der Waals surface area contributed by atoms with Crippen LogP contribution in [-0.4, -0.2) is 44.3 Å². The van der Waals surface area contributed by atoms with Crippen LogP contribution in [0, 0.1) is 45.3 Å². The van der Waals surface area contributed by atoms with Crippen molar-refractivity contribution in [1.29, 1.82) is 0 Å². The Morgan fingerprint density at radius 2 is 1.59 bits per heavy atom. The Bertz CT molecular complexity index is 813. The van der Waals surface area contributed by atoms with Crippen LogP contribution in [0.1, 0.15) is 107 Å². The Labute approximate surface area is 208 Å². The molecule has 0 spiro atoms. The summed E-state index contributed by atoms with van der Waals surface area (Å²) in [4.78, 5) is 0. The van der Waals surface area contributed by atoms with Crippen LogP contribution >= 0.6 is 0 Å². The highest BCUT2D eigenvalue weighted by molar-refractivity contribution is 5.21. The molecule has 4 aliphatic rings. The summed E-state index contributed by atoms with van der Waals surface area (Å²) in [6.45, 7) is 17.5. The van der Waals surface area contributed by atoms with E-state index < -0.39 is 23.9 Å². The highest BCUT2D eigenvalue weighted by atomic mass is 16.3. The third kappa shape index (κ3) is 3.60. The molecule has 0 heterocycles. The van der Waals surface area contributed by atoms with E-state index in [4.69, 9.17) is 0 Å². The lowest BCUT2D eigenvalue weighted by Crippen LogP contribution is -2.69. The zero-order valence-corrected chi connectivity index (χ0v) is 23.1. The molecule has 4 saturated carbocycles. The van der Waals surface area contributed by atoms with Gasteiger partial charge in [-0.3, -0.25) is 0 Å². The van der Waals surface area contributed by atoms with E-state index in [9.17, 15) is 20.4 Å². The van der Waals surface area contributed by atoms with E-state index in [1.165, 1.54) is 5.57 Å². The van der Waals surface area contributed by atoms with E-state index in [0.717, 1.165) is 51.4 Å². The number of hydrogen-bond acceptors (Lipinski definition) is 4. The first kappa shape index (κ1) is 26.6. The molecule has 4 rings (SSSR count). The standard InChI is InChI=1S/C30H52O4/c1-18(2)10-9-13-30(8,34)19-11-15-28(6)24(19)20(31)16-22-27(5)14-12-23(33)26(3,4)25(27)21(32)17-29(22,28)7/h10,19-25,31-34H,9,11-17H2,1-8H3/t19-,20+,21-,22+,23-,24?,25-,27+,28+,29+,30-/m0/s1. The van der Waals surface area contributed by atoms with E-state index in [1.807, 2.05) is 6.92 Å². The quantitative estimate of drug-likeness (QED) is 0.406. The van der Waals surface area contributed by atoms with Crippen molar-refractivity contribution in [2.24, 2.45) is 45.3 Å². The number of allylic oxidation sites excluding steroid dienone is 2. The van der Waals surface area contributed by atoms with Crippen molar-refractivity contribution in [1.82, 2.24) is 0 Å². The number of fused-ring (bicyclic) bond motifs is 5. The van der Waals surface area contributed by atoms with Gasteiger partial charge < -0.3 is 20.4 Å². The molecule has 4 aliphatic carbocycles. The third-order valence-corrected chi connectivity index (χ3v) is 12.3. The monoisotopic (exact) mass is 476 g/mol. The molecule has 4 nitrogen and oxygen atoms in total. The minimum absolute atomic E-state index is 0.0264. The number of aliphatic hydroxyl groups is 4.